The van der Waals surface area contributed by atoms with Crippen LogP contribution in [0.3, 0.4) is 0 Å². The van der Waals surface area contributed by atoms with Gasteiger partial charge in [-0.15, -0.1) is 11.3 Å². The summed E-state index contributed by atoms with van der Waals surface area (Å²) in [6.45, 7) is 10.4. The summed E-state index contributed by atoms with van der Waals surface area (Å²) in [6.07, 6.45) is 2.82. The zero-order chi connectivity index (χ0) is 21.1. The third kappa shape index (κ3) is 4.80. The molecule has 0 bridgehead atoms. The summed E-state index contributed by atoms with van der Waals surface area (Å²) in [5.74, 6) is 0.173. The van der Waals surface area contributed by atoms with Gasteiger partial charge in [0.05, 0.1) is 18.2 Å². The minimum Gasteiger partial charge on any atom is -0.462 e. The Bertz CT molecular complexity index is 783. The molecular formula is C21H31N3O4S. The van der Waals surface area contributed by atoms with E-state index in [4.69, 9.17) is 4.74 Å². The molecule has 1 fully saturated rings. The lowest BCUT2D eigenvalue weighted by Crippen LogP contribution is -2.53. The normalized spacial score (nSPS) is 20.7. The van der Waals surface area contributed by atoms with Gasteiger partial charge >= 0.3 is 5.97 Å². The Morgan fingerprint density at radius 1 is 1.24 bits per heavy atom. The Kier molecular flexibility index (Phi) is 6.95. The monoisotopic (exact) mass is 421 g/mol. The van der Waals surface area contributed by atoms with Crippen molar-refractivity contribution in [2.45, 2.75) is 53.0 Å². The van der Waals surface area contributed by atoms with Gasteiger partial charge in [-0.25, -0.2) is 4.79 Å². The highest BCUT2D eigenvalue weighted by Crippen LogP contribution is 2.40. The molecule has 8 heteroatoms. The van der Waals surface area contributed by atoms with Crippen molar-refractivity contribution in [2.24, 2.45) is 5.92 Å². The third-order valence-electron chi connectivity index (χ3n) is 5.91. The number of hydrogen-bond donors (Lipinski definition) is 1. The number of fused-ring (bicyclic) bond motifs is 1. The molecule has 1 aromatic heterocycles. The second kappa shape index (κ2) is 9.26. The number of amides is 2. The van der Waals surface area contributed by atoms with Crippen LogP contribution in [-0.2, 0) is 27.2 Å². The smallest absolute Gasteiger partial charge is 0.341 e. The number of piperazine rings is 1. The van der Waals surface area contributed by atoms with E-state index in [-0.39, 0.29) is 23.8 Å². The molecule has 1 aliphatic heterocycles. The zero-order valence-electron chi connectivity index (χ0n) is 17.7. The van der Waals surface area contributed by atoms with E-state index in [1.807, 2.05) is 6.92 Å². The maximum Gasteiger partial charge on any atom is 0.341 e. The van der Waals surface area contributed by atoms with Gasteiger partial charge in [0.2, 0.25) is 11.8 Å². The number of thiophene rings is 1. The van der Waals surface area contributed by atoms with Gasteiger partial charge in [-0.2, -0.15) is 0 Å². The zero-order valence-corrected chi connectivity index (χ0v) is 18.6. The van der Waals surface area contributed by atoms with Crippen LogP contribution in [0.4, 0.5) is 5.00 Å². The summed E-state index contributed by atoms with van der Waals surface area (Å²) in [7, 11) is 0. The first-order valence-corrected chi connectivity index (χ1v) is 11.3. The Morgan fingerprint density at radius 2 is 1.93 bits per heavy atom. The van der Waals surface area contributed by atoms with Crippen molar-refractivity contribution >= 4 is 34.1 Å². The molecule has 3 rings (SSSR count). The van der Waals surface area contributed by atoms with Gasteiger partial charge in [0.25, 0.3) is 0 Å². The number of esters is 1. The van der Waals surface area contributed by atoms with E-state index in [0.717, 1.165) is 24.8 Å². The van der Waals surface area contributed by atoms with E-state index in [9.17, 15) is 14.4 Å². The van der Waals surface area contributed by atoms with Crippen molar-refractivity contribution in [3.05, 3.63) is 16.0 Å². The number of anilines is 1. The average molecular weight is 422 g/mol. The summed E-state index contributed by atoms with van der Waals surface area (Å²) in [4.78, 5) is 42.1. The SMILES string of the molecule is CCOC(=O)c1c(NC(=O)[C@@H](C)N2CCN(C(C)=O)CC2)sc2c1CC[C@H](C)C2. The second-order valence-electron chi connectivity index (χ2n) is 7.98. The van der Waals surface area contributed by atoms with Crippen LogP contribution < -0.4 is 5.32 Å². The fourth-order valence-corrected chi connectivity index (χ4v) is 5.47. The number of hydrogen-bond acceptors (Lipinski definition) is 6. The van der Waals surface area contributed by atoms with E-state index in [0.29, 0.717) is 49.3 Å². The molecule has 0 radical (unpaired) electrons. The second-order valence-corrected chi connectivity index (χ2v) is 9.09. The molecule has 0 saturated carbocycles. The molecule has 1 aliphatic carbocycles. The molecule has 29 heavy (non-hydrogen) atoms. The van der Waals surface area contributed by atoms with Crippen LogP contribution in [0.25, 0.3) is 0 Å². The Balaban J connectivity index is 1.74. The lowest BCUT2D eigenvalue weighted by Gasteiger charge is -2.36. The summed E-state index contributed by atoms with van der Waals surface area (Å²) in [5.41, 5.74) is 1.59. The van der Waals surface area contributed by atoms with Crippen LogP contribution >= 0.6 is 11.3 Å². The van der Waals surface area contributed by atoms with Crippen LogP contribution in [-0.4, -0.2) is 66.4 Å². The quantitative estimate of drug-likeness (QED) is 0.739. The predicted molar refractivity (Wildman–Crippen MR) is 113 cm³/mol. The standard InChI is InChI=1S/C21H31N3O4S/c1-5-28-21(27)18-16-7-6-13(2)12-17(16)29-20(18)22-19(26)14(3)23-8-10-24(11-9-23)15(4)25/h13-14H,5-12H2,1-4H3,(H,22,26)/t13-,14+/m0/s1. The minimum atomic E-state index is -0.349. The first kappa shape index (κ1) is 21.8. The molecule has 2 atom stereocenters. The third-order valence-corrected chi connectivity index (χ3v) is 7.08. The molecule has 1 saturated heterocycles. The van der Waals surface area contributed by atoms with Gasteiger partial charge in [-0.3, -0.25) is 14.5 Å². The lowest BCUT2D eigenvalue weighted by atomic mass is 9.88. The molecule has 0 spiro atoms. The molecule has 0 aromatic carbocycles. The Morgan fingerprint density at radius 3 is 2.55 bits per heavy atom. The topological polar surface area (TPSA) is 79.0 Å². The molecule has 1 N–H and O–H groups in total. The lowest BCUT2D eigenvalue weighted by molar-refractivity contribution is -0.131. The minimum absolute atomic E-state index is 0.0687. The first-order chi connectivity index (χ1) is 13.8. The van der Waals surface area contributed by atoms with E-state index < -0.39 is 0 Å². The largest absolute Gasteiger partial charge is 0.462 e. The van der Waals surface area contributed by atoms with Crippen molar-refractivity contribution in [3.63, 3.8) is 0 Å². The molecule has 7 nitrogen and oxygen atoms in total. The van der Waals surface area contributed by atoms with Crippen LogP contribution in [0.2, 0.25) is 0 Å². The molecule has 2 aliphatic rings. The van der Waals surface area contributed by atoms with Crippen molar-refractivity contribution < 1.29 is 19.1 Å². The highest BCUT2D eigenvalue weighted by atomic mass is 32.1. The number of rotatable bonds is 5. The van der Waals surface area contributed by atoms with Crippen LogP contribution in [0.1, 0.15) is 54.9 Å². The summed E-state index contributed by atoms with van der Waals surface area (Å²) in [6, 6.07) is -0.336. The van der Waals surface area contributed by atoms with Gasteiger partial charge in [-0.1, -0.05) is 6.92 Å². The van der Waals surface area contributed by atoms with Gasteiger partial charge in [0.1, 0.15) is 5.00 Å². The summed E-state index contributed by atoms with van der Waals surface area (Å²) in [5, 5.41) is 3.62. The van der Waals surface area contributed by atoms with E-state index in [1.165, 1.54) is 16.2 Å². The highest BCUT2D eigenvalue weighted by Gasteiger charge is 2.31. The molecule has 2 heterocycles. The van der Waals surface area contributed by atoms with Crippen LogP contribution in [0.5, 0.6) is 0 Å². The maximum atomic E-state index is 13.0. The van der Waals surface area contributed by atoms with E-state index >= 15 is 0 Å². The number of nitrogens with zero attached hydrogens (tertiary/aromatic N) is 2. The summed E-state index contributed by atoms with van der Waals surface area (Å²) >= 11 is 1.51. The Hall–Kier alpha value is -1.93. The van der Waals surface area contributed by atoms with Crippen molar-refractivity contribution in [2.75, 3.05) is 38.1 Å². The molecular weight excluding hydrogens is 390 g/mol. The predicted octanol–water partition coefficient (Wildman–Crippen LogP) is 2.54. The van der Waals surface area contributed by atoms with E-state index in [2.05, 4.69) is 17.1 Å². The number of ether oxygens (including phenoxy) is 1. The summed E-state index contributed by atoms with van der Waals surface area (Å²) < 4.78 is 5.28. The van der Waals surface area contributed by atoms with Crippen molar-refractivity contribution in [3.8, 4) is 0 Å². The number of nitrogens with one attached hydrogen (secondary N) is 1. The Labute approximate surface area is 176 Å². The van der Waals surface area contributed by atoms with Crippen molar-refractivity contribution in [1.82, 2.24) is 9.80 Å². The van der Waals surface area contributed by atoms with Gasteiger partial charge in [0, 0.05) is 38.0 Å². The molecule has 160 valence electrons. The van der Waals surface area contributed by atoms with Crippen molar-refractivity contribution in [1.29, 1.82) is 0 Å². The van der Waals surface area contributed by atoms with E-state index in [1.54, 1.807) is 18.7 Å². The molecule has 2 amide bonds. The van der Waals surface area contributed by atoms with Crippen LogP contribution in [0, 0.1) is 5.92 Å². The molecule has 0 unspecified atom stereocenters. The van der Waals surface area contributed by atoms with Gasteiger partial charge in [0.15, 0.2) is 0 Å². The number of carbonyl (C=O) groups excluding carboxylic acids is 3. The number of carbonyl (C=O) groups is 3. The maximum absolute atomic E-state index is 13.0. The van der Waals surface area contributed by atoms with Gasteiger partial charge in [-0.05, 0) is 44.6 Å². The first-order valence-electron chi connectivity index (χ1n) is 10.4. The fraction of sp³-hybridized carbons (Fsp3) is 0.667. The highest BCUT2D eigenvalue weighted by molar-refractivity contribution is 7.17. The average Bonchev–Trinajstić information content (AvgIpc) is 3.04. The fourth-order valence-electron chi connectivity index (χ4n) is 4.06. The molecule has 1 aromatic rings. The van der Waals surface area contributed by atoms with Crippen LogP contribution in [0.15, 0.2) is 0 Å². The van der Waals surface area contributed by atoms with Gasteiger partial charge < -0.3 is 15.0 Å².